The Labute approximate surface area is 122 Å². The van der Waals surface area contributed by atoms with E-state index in [2.05, 4.69) is 0 Å². The van der Waals surface area contributed by atoms with Gasteiger partial charge in [-0.05, 0) is 19.1 Å². The van der Waals surface area contributed by atoms with Crippen LogP contribution in [-0.4, -0.2) is 24.1 Å². The molecule has 21 heavy (non-hydrogen) atoms. The maximum absolute atomic E-state index is 12.1. The normalized spacial score (nSPS) is 9.95. The molecule has 0 amide bonds. The zero-order valence-electron chi connectivity index (χ0n) is 11.5. The molecule has 0 radical (unpaired) electrons. The minimum Gasteiger partial charge on any atom is -0.462 e. The van der Waals surface area contributed by atoms with Gasteiger partial charge >= 0.3 is 5.97 Å². The number of carbonyl (C=O) groups excluding carboxylic acids is 3. The molecule has 4 nitrogen and oxygen atoms in total. The van der Waals surface area contributed by atoms with Crippen molar-refractivity contribution < 1.29 is 19.1 Å². The lowest BCUT2D eigenvalue weighted by Crippen LogP contribution is -2.14. The summed E-state index contributed by atoms with van der Waals surface area (Å²) in [4.78, 5) is 35.6. The standard InChI is InChI=1S/C17H14O4/c1-2-21-17(20)14-10-8-13(9-11-14)16(19)15(18)12-6-4-3-5-7-12/h3-11H,2H2,1H3. The van der Waals surface area contributed by atoms with E-state index in [0.717, 1.165) is 0 Å². The first kappa shape index (κ1) is 14.7. The Balaban J connectivity index is 2.17. The van der Waals surface area contributed by atoms with Crippen molar-refractivity contribution in [1.29, 1.82) is 0 Å². The van der Waals surface area contributed by atoms with Crippen LogP contribution in [0.25, 0.3) is 0 Å². The Morgan fingerprint density at radius 2 is 1.24 bits per heavy atom. The van der Waals surface area contributed by atoms with Crippen molar-refractivity contribution in [2.24, 2.45) is 0 Å². The van der Waals surface area contributed by atoms with Gasteiger partial charge in [-0.25, -0.2) is 4.79 Å². The number of rotatable bonds is 5. The number of benzene rings is 2. The van der Waals surface area contributed by atoms with Gasteiger partial charge in [0.25, 0.3) is 0 Å². The highest BCUT2D eigenvalue weighted by Crippen LogP contribution is 2.10. The highest BCUT2D eigenvalue weighted by atomic mass is 16.5. The summed E-state index contributed by atoms with van der Waals surface area (Å²) in [6.07, 6.45) is 0. The Morgan fingerprint density at radius 1 is 0.762 bits per heavy atom. The van der Waals surface area contributed by atoms with Crippen molar-refractivity contribution in [1.82, 2.24) is 0 Å². The van der Waals surface area contributed by atoms with Crippen LogP contribution in [0.1, 0.15) is 38.0 Å². The molecule has 0 atom stereocenters. The van der Waals surface area contributed by atoms with E-state index in [9.17, 15) is 14.4 Å². The largest absolute Gasteiger partial charge is 0.462 e. The number of ether oxygens (including phenoxy) is 1. The van der Waals surface area contributed by atoms with E-state index < -0.39 is 17.5 Å². The molecular weight excluding hydrogens is 268 g/mol. The summed E-state index contributed by atoms with van der Waals surface area (Å²) in [6, 6.07) is 14.2. The van der Waals surface area contributed by atoms with Gasteiger partial charge in [0.05, 0.1) is 12.2 Å². The fourth-order valence-electron chi connectivity index (χ4n) is 1.82. The summed E-state index contributed by atoms with van der Waals surface area (Å²) < 4.78 is 4.85. The summed E-state index contributed by atoms with van der Waals surface area (Å²) >= 11 is 0. The van der Waals surface area contributed by atoms with Crippen LogP contribution in [0, 0.1) is 0 Å². The molecule has 4 heteroatoms. The molecule has 2 rings (SSSR count). The molecule has 0 fully saturated rings. The van der Waals surface area contributed by atoms with Crippen molar-refractivity contribution >= 4 is 17.5 Å². The van der Waals surface area contributed by atoms with E-state index >= 15 is 0 Å². The second-order valence-corrected chi connectivity index (χ2v) is 4.32. The van der Waals surface area contributed by atoms with Crippen molar-refractivity contribution in [3.05, 3.63) is 71.3 Å². The predicted molar refractivity (Wildman–Crippen MR) is 77.5 cm³/mol. The van der Waals surface area contributed by atoms with Crippen molar-refractivity contribution in [2.45, 2.75) is 6.92 Å². The lowest BCUT2D eigenvalue weighted by atomic mass is 10.0. The van der Waals surface area contributed by atoms with Crippen molar-refractivity contribution in [3.8, 4) is 0 Å². The van der Waals surface area contributed by atoms with Gasteiger partial charge in [-0.15, -0.1) is 0 Å². The average Bonchev–Trinajstić information content (AvgIpc) is 2.54. The SMILES string of the molecule is CCOC(=O)c1ccc(C(=O)C(=O)c2ccccc2)cc1. The van der Waals surface area contributed by atoms with Crippen molar-refractivity contribution in [2.75, 3.05) is 6.61 Å². The van der Waals surface area contributed by atoms with E-state index in [1.807, 2.05) is 0 Å². The number of hydrogen-bond acceptors (Lipinski definition) is 4. The van der Waals surface area contributed by atoms with Gasteiger partial charge in [-0.3, -0.25) is 9.59 Å². The van der Waals surface area contributed by atoms with Crippen LogP contribution in [0.3, 0.4) is 0 Å². The summed E-state index contributed by atoms with van der Waals surface area (Å²) in [7, 11) is 0. The minimum atomic E-state index is -0.600. The quantitative estimate of drug-likeness (QED) is 0.480. The van der Waals surface area contributed by atoms with Crippen LogP contribution in [0.2, 0.25) is 0 Å². The lowest BCUT2D eigenvalue weighted by molar-refractivity contribution is 0.0526. The number of hydrogen-bond donors (Lipinski definition) is 0. The maximum Gasteiger partial charge on any atom is 0.338 e. The number of carbonyl (C=O) groups is 3. The third-order valence-corrected chi connectivity index (χ3v) is 2.90. The van der Waals surface area contributed by atoms with Gasteiger partial charge in [-0.1, -0.05) is 42.5 Å². The van der Waals surface area contributed by atoms with Crippen LogP contribution < -0.4 is 0 Å². The summed E-state index contributed by atoms with van der Waals surface area (Å²) in [5.41, 5.74) is 0.939. The molecule has 2 aromatic rings. The van der Waals surface area contributed by atoms with E-state index in [1.165, 1.54) is 24.3 Å². The first-order chi connectivity index (χ1) is 10.1. The molecule has 0 aliphatic carbocycles. The molecule has 0 aliphatic rings. The summed E-state index contributed by atoms with van der Waals surface area (Å²) in [5, 5.41) is 0. The molecule has 106 valence electrons. The summed E-state index contributed by atoms with van der Waals surface area (Å²) in [5.74, 6) is -1.62. The van der Waals surface area contributed by atoms with E-state index in [1.54, 1.807) is 37.3 Å². The van der Waals surface area contributed by atoms with Gasteiger partial charge in [0.2, 0.25) is 11.6 Å². The van der Waals surface area contributed by atoms with Crippen molar-refractivity contribution in [3.63, 3.8) is 0 Å². The molecule has 0 bridgehead atoms. The third-order valence-electron chi connectivity index (χ3n) is 2.90. The second kappa shape index (κ2) is 6.61. The molecular formula is C17H14O4. The number of esters is 1. The van der Waals surface area contributed by atoms with Gasteiger partial charge in [0.1, 0.15) is 0 Å². The monoisotopic (exact) mass is 282 g/mol. The molecule has 0 N–H and O–H groups in total. The van der Waals surface area contributed by atoms with Gasteiger partial charge in [0.15, 0.2) is 0 Å². The smallest absolute Gasteiger partial charge is 0.338 e. The van der Waals surface area contributed by atoms with Crippen LogP contribution in [0.4, 0.5) is 0 Å². The molecule has 0 unspecified atom stereocenters. The van der Waals surface area contributed by atoms with E-state index in [-0.39, 0.29) is 12.2 Å². The Bertz CT molecular complexity index is 657. The molecule has 0 aliphatic heterocycles. The number of ketones is 2. The Kier molecular flexibility index (Phi) is 4.61. The highest BCUT2D eigenvalue weighted by Gasteiger charge is 2.18. The second-order valence-electron chi connectivity index (χ2n) is 4.32. The van der Waals surface area contributed by atoms with Gasteiger partial charge in [-0.2, -0.15) is 0 Å². The fraction of sp³-hybridized carbons (Fsp3) is 0.118. The van der Waals surface area contributed by atoms with Gasteiger partial charge < -0.3 is 4.74 Å². The molecule has 0 aromatic heterocycles. The first-order valence-corrected chi connectivity index (χ1v) is 6.54. The van der Waals surface area contributed by atoms with Gasteiger partial charge in [0, 0.05) is 11.1 Å². The number of Topliss-reactive ketones (excluding diaryl/α,β-unsaturated/α-hetero) is 2. The topological polar surface area (TPSA) is 60.4 Å². The Hall–Kier alpha value is -2.75. The fourth-order valence-corrected chi connectivity index (χ4v) is 1.82. The average molecular weight is 282 g/mol. The van der Waals surface area contributed by atoms with Crippen LogP contribution in [-0.2, 0) is 4.74 Å². The van der Waals surface area contributed by atoms with E-state index in [4.69, 9.17) is 4.74 Å². The van der Waals surface area contributed by atoms with Crippen LogP contribution in [0.5, 0.6) is 0 Å². The zero-order valence-corrected chi connectivity index (χ0v) is 11.5. The van der Waals surface area contributed by atoms with Crippen LogP contribution in [0.15, 0.2) is 54.6 Å². The maximum atomic E-state index is 12.1. The van der Waals surface area contributed by atoms with E-state index in [0.29, 0.717) is 11.1 Å². The zero-order chi connectivity index (χ0) is 15.2. The molecule has 0 saturated carbocycles. The highest BCUT2D eigenvalue weighted by molar-refractivity contribution is 6.49. The molecule has 0 heterocycles. The predicted octanol–water partition coefficient (Wildman–Crippen LogP) is 2.93. The molecule has 0 spiro atoms. The lowest BCUT2D eigenvalue weighted by Gasteiger charge is -2.03. The molecule has 2 aromatic carbocycles. The Morgan fingerprint density at radius 3 is 1.76 bits per heavy atom. The summed E-state index contributed by atoms with van der Waals surface area (Å²) in [6.45, 7) is 2.00. The molecule has 0 saturated heterocycles. The first-order valence-electron chi connectivity index (χ1n) is 6.54. The third kappa shape index (κ3) is 3.42. The minimum absolute atomic E-state index is 0.247. The van der Waals surface area contributed by atoms with Crippen LogP contribution >= 0.6 is 0 Å².